The van der Waals surface area contributed by atoms with Crippen LogP contribution in [-0.2, 0) is 9.59 Å². The molecule has 6 nitrogen and oxygen atoms in total. The Hall–Kier alpha value is -1.14. The summed E-state index contributed by atoms with van der Waals surface area (Å²) in [6, 6.07) is 0. The average Bonchev–Trinajstić information content (AvgIpc) is 2.45. The van der Waals surface area contributed by atoms with Gasteiger partial charge in [0.15, 0.2) is 0 Å². The van der Waals surface area contributed by atoms with Crippen LogP contribution in [0.1, 0.15) is 33.1 Å². The summed E-state index contributed by atoms with van der Waals surface area (Å²) in [5.41, 5.74) is -0.918. The molecular formula is C14H27N3O3. The Morgan fingerprint density at radius 1 is 1.25 bits per heavy atom. The molecule has 6 heteroatoms. The summed E-state index contributed by atoms with van der Waals surface area (Å²) in [5.74, 6) is -1.04. The highest BCUT2D eigenvalue weighted by molar-refractivity contribution is 5.84. The van der Waals surface area contributed by atoms with Gasteiger partial charge >= 0.3 is 5.97 Å². The lowest BCUT2D eigenvalue weighted by Crippen LogP contribution is -2.46. The minimum atomic E-state index is -0.918. The molecule has 1 amide bonds. The van der Waals surface area contributed by atoms with Gasteiger partial charge in [-0.15, -0.1) is 0 Å². The van der Waals surface area contributed by atoms with Gasteiger partial charge in [-0.2, -0.15) is 0 Å². The molecule has 1 aliphatic heterocycles. The van der Waals surface area contributed by atoms with Gasteiger partial charge in [0, 0.05) is 45.7 Å². The molecule has 0 aromatic heterocycles. The molecular weight excluding hydrogens is 258 g/mol. The number of piperazine rings is 1. The first-order chi connectivity index (χ1) is 9.54. The van der Waals surface area contributed by atoms with Gasteiger partial charge in [0.25, 0.3) is 0 Å². The number of nitrogens with one attached hydrogen (secondary N) is 2. The molecule has 0 atom stereocenters. The first kappa shape index (κ1) is 16.9. The van der Waals surface area contributed by atoms with Crippen molar-refractivity contribution in [3.05, 3.63) is 0 Å². The molecule has 0 spiro atoms. The zero-order valence-corrected chi connectivity index (χ0v) is 12.6. The van der Waals surface area contributed by atoms with E-state index in [4.69, 9.17) is 0 Å². The highest BCUT2D eigenvalue weighted by Gasteiger charge is 2.36. The standard InChI is InChI=1S/C14H27N3O3/c1-3-14(4-2,13(19)20)11-12(18)16-7-10-17-8-5-15-6-9-17/h15H,3-11H2,1-2H3,(H,16,18)(H,19,20). The summed E-state index contributed by atoms with van der Waals surface area (Å²) >= 11 is 0. The van der Waals surface area contributed by atoms with Crippen molar-refractivity contribution in [3.63, 3.8) is 0 Å². The van der Waals surface area contributed by atoms with Gasteiger partial charge in [0.2, 0.25) is 5.91 Å². The van der Waals surface area contributed by atoms with Gasteiger partial charge in [0.05, 0.1) is 5.41 Å². The third-order valence-corrected chi connectivity index (χ3v) is 4.27. The summed E-state index contributed by atoms with van der Waals surface area (Å²) in [6.07, 6.45) is 1.02. The van der Waals surface area contributed by atoms with Gasteiger partial charge in [-0.3, -0.25) is 14.5 Å². The van der Waals surface area contributed by atoms with Crippen molar-refractivity contribution in [3.8, 4) is 0 Å². The highest BCUT2D eigenvalue weighted by Crippen LogP contribution is 2.30. The van der Waals surface area contributed by atoms with Gasteiger partial charge in [-0.25, -0.2) is 0 Å². The quantitative estimate of drug-likeness (QED) is 0.597. The van der Waals surface area contributed by atoms with Gasteiger partial charge in [0.1, 0.15) is 0 Å². The largest absolute Gasteiger partial charge is 0.481 e. The zero-order chi connectivity index (χ0) is 15.0. The molecule has 1 heterocycles. The number of rotatable bonds is 8. The third-order valence-electron chi connectivity index (χ3n) is 4.27. The van der Waals surface area contributed by atoms with Gasteiger partial charge < -0.3 is 15.7 Å². The van der Waals surface area contributed by atoms with E-state index in [9.17, 15) is 14.7 Å². The average molecular weight is 285 g/mol. The summed E-state index contributed by atoms with van der Waals surface area (Å²) in [5, 5.41) is 15.4. The lowest BCUT2D eigenvalue weighted by molar-refractivity contribution is -0.152. The Labute approximate surface area is 120 Å². The van der Waals surface area contributed by atoms with E-state index in [1.54, 1.807) is 0 Å². The van der Waals surface area contributed by atoms with Crippen LogP contribution in [0.2, 0.25) is 0 Å². The maximum atomic E-state index is 11.9. The Bertz CT molecular complexity index is 324. The summed E-state index contributed by atoms with van der Waals surface area (Å²) in [4.78, 5) is 25.6. The number of amides is 1. The topological polar surface area (TPSA) is 81.7 Å². The predicted octanol–water partition coefficient (Wildman–Crippen LogP) is 0.289. The first-order valence-electron chi connectivity index (χ1n) is 7.47. The summed E-state index contributed by atoms with van der Waals surface area (Å²) in [7, 11) is 0. The number of carboxylic acid groups (broad SMARTS) is 1. The molecule has 1 rings (SSSR count). The van der Waals surface area contributed by atoms with Crippen molar-refractivity contribution >= 4 is 11.9 Å². The molecule has 0 aromatic rings. The maximum Gasteiger partial charge on any atom is 0.310 e. The Balaban J connectivity index is 2.32. The maximum absolute atomic E-state index is 11.9. The van der Waals surface area contributed by atoms with E-state index >= 15 is 0 Å². The lowest BCUT2D eigenvalue weighted by Gasteiger charge is -2.28. The van der Waals surface area contributed by atoms with Crippen LogP contribution in [0, 0.1) is 5.41 Å². The van der Waals surface area contributed by atoms with E-state index in [0.717, 1.165) is 32.7 Å². The molecule has 116 valence electrons. The molecule has 0 radical (unpaired) electrons. The molecule has 0 unspecified atom stereocenters. The third kappa shape index (κ3) is 4.76. The number of carbonyl (C=O) groups excluding carboxylic acids is 1. The second-order valence-electron chi connectivity index (χ2n) is 5.41. The minimum Gasteiger partial charge on any atom is -0.481 e. The van der Waals surface area contributed by atoms with E-state index < -0.39 is 11.4 Å². The van der Waals surface area contributed by atoms with E-state index in [1.807, 2.05) is 13.8 Å². The fourth-order valence-electron chi connectivity index (χ4n) is 2.54. The molecule has 1 saturated heterocycles. The SMILES string of the molecule is CCC(CC)(CC(=O)NCCN1CCNCC1)C(=O)O. The van der Waals surface area contributed by atoms with Gasteiger partial charge in [-0.05, 0) is 12.8 Å². The number of carboxylic acids is 1. The zero-order valence-electron chi connectivity index (χ0n) is 12.6. The summed E-state index contributed by atoms with van der Waals surface area (Å²) < 4.78 is 0. The second kappa shape index (κ2) is 8.21. The van der Waals surface area contributed by atoms with E-state index in [1.165, 1.54) is 0 Å². The van der Waals surface area contributed by atoms with Gasteiger partial charge in [-0.1, -0.05) is 13.8 Å². The van der Waals surface area contributed by atoms with Crippen molar-refractivity contribution in [1.29, 1.82) is 0 Å². The monoisotopic (exact) mass is 285 g/mol. The lowest BCUT2D eigenvalue weighted by atomic mass is 9.79. The molecule has 1 fully saturated rings. The van der Waals surface area contributed by atoms with Crippen LogP contribution >= 0.6 is 0 Å². The fourth-order valence-corrected chi connectivity index (χ4v) is 2.54. The Morgan fingerprint density at radius 3 is 2.35 bits per heavy atom. The minimum absolute atomic E-state index is 0.0664. The van der Waals surface area contributed by atoms with Crippen molar-refractivity contribution in [2.24, 2.45) is 5.41 Å². The van der Waals surface area contributed by atoms with E-state index in [2.05, 4.69) is 15.5 Å². The van der Waals surface area contributed by atoms with Crippen LogP contribution in [0.5, 0.6) is 0 Å². The Morgan fingerprint density at radius 2 is 1.85 bits per heavy atom. The van der Waals surface area contributed by atoms with Crippen LogP contribution in [0.4, 0.5) is 0 Å². The second-order valence-corrected chi connectivity index (χ2v) is 5.41. The smallest absolute Gasteiger partial charge is 0.310 e. The van der Waals surface area contributed by atoms with Crippen molar-refractivity contribution in [1.82, 2.24) is 15.5 Å². The number of hydrogen-bond donors (Lipinski definition) is 3. The van der Waals surface area contributed by atoms with Crippen molar-refractivity contribution in [2.45, 2.75) is 33.1 Å². The first-order valence-corrected chi connectivity index (χ1v) is 7.47. The number of carbonyl (C=O) groups is 2. The molecule has 0 bridgehead atoms. The number of hydrogen-bond acceptors (Lipinski definition) is 4. The van der Waals surface area contributed by atoms with Crippen molar-refractivity contribution in [2.75, 3.05) is 39.3 Å². The molecule has 20 heavy (non-hydrogen) atoms. The molecule has 3 N–H and O–H groups in total. The Kier molecular flexibility index (Phi) is 6.95. The molecule has 1 aliphatic rings. The van der Waals surface area contributed by atoms with Crippen LogP contribution < -0.4 is 10.6 Å². The highest BCUT2D eigenvalue weighted by atomic mass is 16.4. The normalized spacial score (nSPS) is 16.9. The summed E-state index contributed by atoms with van der Waals surface area (Å²) in [6.45, 7) is 9.03. The fraction of sp³-hybridized carbons (Fsp3) is 0.857. The van der Waals surface area contributed by atoms with Crippen LogP contribution in [0.15, 0.2) is 0 Å². The van der Waals surface area contributed by atoms with E-state index in [0.29, 0.717) is 19.4 Å². The number of nitrogens with zero attached hydrogens (tertiary/aromatic N) is 1. The van der Waals surface area contributed by atoms with Crippen LogP contribution in [0.3, 0.4) is 0 Å². The molecule has 0 aliphatic carbocycles. The van der Waals surface area contributed by atoms with Crippen molar-refractivity contribution < 1.29 is 14.7 Å². The van der Waals surface area contributed by atoms with E-state index in [-0.39, 0.29) is 12.3 Å². The molecule has 0 saturated carbocycles. The van der Waals surface area contributed by atoms with Crippen LogP contribution in [-0.4, -0.2) is 61.2 Å². The predicted molar refractivity (Wildman–Crippen MR) is 77.6 cm³/mol. The molecule has 0 aromatic carbocycles. The van der Waals surface area contributed by atoms with Crippen LogP contribution in [0.25, 0.3) is 0 Å². The number of aliphatic carboxylic acids is 1.